The first kappa shape index (κ1) is 22.8. The van der Waals surface area contributed by atoms with E-state index >= 15 is 0 Å². The quantitative estimate of drug-likeness (QED) is 0.868. The molecule has 1 heterocycles. The molecule has 0 aromatic heterocycles. The lowest BCUT2D eigenvalue weighted by Crippen LogP contribution is -2.28. The van der Waals surface area contributed by atoms with Gasteiger partial charge in [-0.3, -0.25) is 4.79 Å². The van der Waals surface area contributed by atoms with Crippen LogP contribution in [0.25, 0.3) is 0 Å². The number of amides is 1. The van der Waals surface area contributed by atoms with Gasteiger partial charge in [-0.2, -0.15) is 11.8 Å². The summed E-state index contributed by atoms with van der Waals surface area (Å²) in [5.74, 6) is 4.04. The Morgan fingerprint density at radius 2 is 1.67 bits per heavy atom. The van der Waals surface area contributed by atoms with Crippen LogP contribution in [-0.4, -0.2) is 37.1 Å². The van der Waals surface area contributed by atoms with Crippen LogP contribution in [0.4, 0.5) is 0 Å². The number of thioether (sulfide) groups is 1. The van der Waals surface area contributed by atoms with Gasteiger partial charge in [0.05, 0.1) is 5.75 Å². The number of para-hydroxylation sites is 1. The Kier molecular flexibility index (Phi) is 13.5. The van der Waals surface area contributed by atoms with E-state index in [0.717, 1.165) is 24.5 Å². The van der Waals surface area contributed by atoms with Crippen LogP contribution in [0, 0.1) is 11.8 Å². The molecule has 0 saturated carbocycles. The number of rotatable bonds is 4. The fraction of sp³-hybridized carbons (Fsp3) is 0.632. The molecule has 0 spiro atoms. The van der Waals surface area contributed by atoms with Gasteiger partial charge in [0, 0.05) is 6.54 Å². The molecule has 24 heavy (non-hydrogen) atoms. The van der Waals surface area contributed by atoms with Gasteiger partial charge in [-0.15, -0.1) is 0 Å². The Morgan fingerprint density at radius 1 is 1.08 bits per heavy atom. The third-order valence-corrected chi connectivity index (χ3v) is 4.39. The summed E-state index contributed by atoms with van der Waals surface area (Å²) in [6.45, 7) is 9.67. The van der Waals surface area contributed by atoms with Gasteiger partial charge in [0.1, 0.15) is 11.9 Å². The number of benzene rings is 1. The van der Waals surface area contributed by atoms with Gasteiger partial charge >= 0.3 is 0 Å². The summed E-state index contributed by atoms with van der Waals surface area (Å²) in [7, 11) is 1.50. The summed E-state index contributed by atoms with van der Waals surface area (Å²) < 4.78 is 5.94. The monoisotopic (exact) mass is 354 g/mol. The number of hydrogen-bond acceptors (Lipinski definition) is 4. The average molecular weight is 355 g/mol. The normalized spacial score (nSPS) is 14.1. The maximum absolute atomic E-state index is 10.6. The Hall–Kier alpha value is -1.20. The molecule has 1 aliphatic heterocycles. The highest BCUT2D eigenvalue weighted by molar-refractivity contribution is 7.99. The highest BCUT2D eigenvalue weighted by Crippen LogP contribution is 2.20. The third-order valence-electron chi connectivity index (χ3n) is 3.35. The van der Waals surface area contributed by atoms with Crippen molar-refractivity contribution >= 4 is 17.7 Å². The molecule has 1 aromatic rings. The maximum atomic E-state index is 10.6. The smallest absolute Gasteiger partial charge is 0.229 e. The van der Waals surface area contributed by atoms with Crippen molar-refractivity contribution < 1.29 is 9.53 Å². The van der Waals surface area contributed by atoms with Gasteiger partial charge in [0.15, 0.2) is 0 Å². The zero-order chi connectivity index (χ0) is 18.4. The maximum Gasteiger partial charge on any atom is 0.229 e. The molecule has 0 bridgehead atoms. The molecule has 1 aliphatic rings. The number of nitrogens with one attached hydrogen (secondary N) is 1. The van der Waals surface area contributed by atoms with Crippen molar-refractivity contribution in [1.82, 2.24) is 5.32 Å². The van der Waals surface area contributed by atoms with Gasteiger partial charge in [-0.25, -0.2) is 0 Å². The first-order valence-electron chi connectivity index (χ1n) is 8.64. The van der Waals surface area contributed by atoms with E-state index in [0.29, 0.717) is 23.7 Å². The third kappa shape index (κ3) is 10.6. The molecule has 0 atom stereocenters. The average Bonchev–Trinajstić information content (AvgIpc) is 2.83. The standard InChI is InChI=1S/C13H20O.C5H9NOS.CH5N/c1-10(2)13(11(3)4)14-12-8-6-5-7-9-12;7-5-4-8-3-1-2-6-5;1-2/h5-11,13H,1-4H3;1-4H2,(H,6,7);2H2,1H3. The first-order valence-corrected chi connectivity index (χ1v) is 9.80. The lowest BCUT2D eigenvalue weighted by molar-refractivity contribution is -0.118. The summed E-state index contributed by atoms with van der Waals surface area (Å²) in [5, 5.41) is 2.78. The largest absolute Gasteiger partial charge is 0.490 e. The van der Waals surface area contributed by atoms with E-state index in [1.54, 1.807) is 11.8 Å². The van der Waals surface area contributed by atoms with Crippen molar-refractivity contribution in [3.63, 3.8) is 0 Å². The van der Waals surface area contributed by atoms with Crippen molar-refractivity contribution in [2.24, 2.45) is 17.6 Å². The van der Waals surface area contributed by atoms with E-state index in [-0.39, 0.29) is 5.91 Å². The lowest BCUT2D eigenvalue weighted by atomic mass is 9.96. The van der Waals surface area contributed by atoms with Crippen LogP contribution in [0.2, 0.25) is 0 Å². The number of carbonyl (C=O) groups is 1. The molecule has 1 fully saturated rings. The zero-order valence-electron chi connectivity index (χ0n) is 15.7. The minimum atomic E-state index is 0.188. The molecular formula is C19H34N2O2S. The fourth-order valence-corrected chi connectivity index (χ4v) is 3.10. The van der Waals surface area contributed by atoms with Crippen LogP contribution in [-0.2, 0) is 4.79 Å². The summed E-state index contributed by atoms with van der Waals surface area (Å²) >= 11 is 1.71. The van der Waals surface area contributed by atoms with Gasteiger partial charge in [-0.05, 0) is 43.2 Å². The van der Waals surface area contributed by atoms with Crippen LogP contribution in [0.3, 0.4) is 0 Å². The van der Waals surface area contributed by atoms with Crippen LogP contribution in [0.5, 0.6) is 5.75 Å². The lowest BCUT2D eigenvalue weighted by Gasteiger charge is -2.26. The molecular weight excluding hydrogens is 320 g/mol. The Morgan fingerprint density at radius 3 is 2.21 bits per heavy atom. The summed E-state index contributed by atoms with van der Waals surface area (Å²) in [5.41, 5.74) is 4.50. The Labute approximate surface area is 151 Å². The number of nitrogens with two attached hydrogens (primary N) is 1. The minimum Gasteiger partial charge on any atom is -0.490 e. The van der Waals surface area contributed by atoms with E-state index in [1.165, 1.54) is 7.05 Å². The van der Waals surface area contributed by atoms with Crippen LogP contribution in [0.15, 0.2) is 30.3 Å². The Balaban J connectivity index is 0.000000447. The van der Waals surface area contributed by atoms with Gasteiger partial charge < -0.3 is 15.8 Å². The van der Waals surface area contributed by atoms with Crippen molar-refractivity contribution in [3.05, 3.63) is 30.3 Å². The molecule has 4 nitrogen and oxygen atoms in total. The molecule has 1 aromatic carbocycles. The van der Waals surface area contributed by atoms with Crippen LogP contribution >= 0.6 is 11.8 Å². The van der Waals surface area contributed by atoms with E-state index in [4.69, 9.17) is 4.74 Å². The molecule has 1 amide bonds. The van der Waals surface area contributed by atoms with Crippen molar-refractivity contribution in [2.45, 2.75) is 40.2 Å². The van der Waals surface area contributed by atoms with Crippen molar-refractivity contribution in [3.8, 4) is 5.75 Å². The molecule has 3 N–H and O–H groups in total. The van der Waals surface area contributed by atoms with E-state index in [2.05, 4.69) is 38.7 Å². The van der Waals surface area contributed by atoms with E-state index in [9.17, 15) is 4.79 Å². The highest BCUT2D eigenvalue weighted by Gasteiger charge is 2.18. The molecule has 5 heteroatoms. The van der Waals surface area contributed by atoms with Crippen molar-refractivity contribution in [1.29, 1.82) is 0 Å². The first-order chi connectivity index (χ1) is 11.5. The fourth-order valence-electron chi connectivity index (χ4n) is 2.32. The SMILES string of the molecule is CC(C)C(Oc1ccccc1)C(C)C.CN.O=C1CSCCCN1. The van der Waals surface area contributed by atoms with Gasteiger partial charge in [-0.1, -0.05) is 45.9 Å². The summed E-state index contributed by atoms with van der Waals surface area (Å²) in [6, 6.07) is 10.0. The van der Waals surface area contributed by atoms with Crippen LogP contribution in [0.1, 0.15) is 34.1 Å². The molecule has 0 radical (unpaired) electrons. The predicted octanol–water partition coefficient (Wildman–Crippen LogP) is 3.56. The molecule has 0 unspecified atom stereocenters. The van der Waals surface area contributed by atoms with Crippen LogP contribution < -0.4 is 15.8 Å². The molecule has 2 rings (SSSR count). The second-order valence-corrected chi connectivity index (χ2v) is 7.24. The van der Waals surface area contributed by atoms with Gasteiger partial charge in [0.25, 0.3) is 0 Å². The summed E-state index contributed by atoms with van der Waals surface area (Å²) in [6.07, 6.45) is 1.42. The minimum absolute atomic E-state index is 0.188. The Bertz CT molecular complexity index is 407. The molecule has 0 aliphatic carbocycles. The number of hydrogen-bond donors (Lipinski definition) is 2. The predicted molar refractivity (Wildman–Crippen MR) is 106 cm³/mol. The number of carbonyl (C=O) groups excluding carboxylic acids is 1. The molecule has 1 saturated heterocycles. The molecule has 138 valence electrons. The van der Waals surface area contributed by atoms with Crippen molar-refractivity contribution in [2.75, 3.05) is 25.1 Å². The highest BCUT2D eigenvalue weighted by atomic mass is 32.2. The van der Waals surface area contributed by atoms with E-state index < -0.39 is 0 Å². The van der Waals surface area contributed by atoms with Gasteiger partial charge in [0.2, 0.25) is 5.91 Å². The second kappa shape index (κ2) is 14.2. The topological polar surface area (TPSA) is 64.3 Å². The zero-order valence-corrected chi connectivity index (χ0v) is 16.6. The second-order valence-electron chi connectivity index (χ2n) is 6.14. The van der Waals surface area contributed by atoms with E-state index in [1.807, 2.05) is 30.3 Å². The summed E-state index contributed by atoms with van der Waals surface area (Å²) in [4.78, 5) is 10.6. The number of ether oxygens (including phenoxy) is 1.